The summed E-state index contributed by atoms with van der Waals surface area (Å²) in [6.07, 6.45) is -1.84. The van der Waals surface area contributed by atoms with Crippen LogP contribution in [0.15, 0.2) is 58.6 Å². The first-order valence-corrected chi connectivity index (χ1v) is 13.6. The summed E-state index contributed by atoms with van der Waals surface area (Å²) >= 11 is 1.46. The molecule has 2 heterocycles. The molecule has 212 valence electrons. The second-order valence-corrected chi connectivity index (χ2v) is 10.6. The number of rotatable bonds is 7. The molecule has 1 aliphatic rings. The molecule has 40 heavy (non-hydrogen) atoms. The van der Waals surface area contributed by atoms with E-state index in [2.05, 4.69) is 25.3 Å². The van der Waals surface area contributed by atoms with E-state index < -0.39 is 22.2 Å². The van der Waals surface area contributed by atoms with Crippen LogP contribution in [0.5, 0.6) is 0 Å². The predicted octanol–water partition coefficient (Wildman–Crippen LogP) is 3.45. The van der Waals surface area contributed by atoms with Crippen LogP contribution in [0.4, 0.5) is 36.2 Å². The Bertz CT molecular complexity index is 1580. The van der Waals surface area contributed by atoms with E-state index in [0.717, 1.165) is 9.80 Å². The average molecular weight is 599 g/mol. The van der Waals surface area contributed by atoms with Crippen LogP contribution in [0.25, 0.3) is 0 Å². The van der Waals surface area contributed by atoms with Gasteiger partial charge >= 0.3 is 12.1 Å². The van der Waals surface area contributed by atoms with Crippen LogP contribution in [-0.4, -0.2) is 72.7 Å². The van der Waals surface area contributed by atoms with Crippen molar-refractivity contribution in [2.24, 2.45) is 0 Å². The van der Waals surface area contributed by atoms with Gasteiger partial charge in [-0.3, -0.25) is 14.5 Å². The van der Waals surface area contributed by atoms with Gasteiger partial charge in [-0.2, -0.15) is 13.2 Å². The van der Waals surface area contributed by atoms with Gasteiger partial charge in [-0.1, -0.05) is 0 Å². The normalized spacial score (nSPS) is 12.9. The molecule has 0 radical (unpaired) electrons. The lowest BCUT2D eigenvalue weighted by Gasteiger charge is -2.13. The number of nitrogens with zero attached hydrogens (tertiary/aromatic N) is 3. The molecule has 0 bridgehead atoms. The molecule has 4 rings (SSSR count). The third kappa shape index (κ3) is 6.85. The summed E-state index contributed by atoms with van der Waals surface area (Å²) in [7, 11) is -0.804. The fourth-order valence-corrected chi connectivity index (χ4v) is 4.58. The standard InChI is InChI=1S/C21H20N6O4S2.C2HF3O2/c1-22-33(30,31)13-5-7-17(32-3)16(9-13)26-19-10-18(23-11-24-19)25-12-4-6-14-15(8-12)21(29)27(2)20(14)28;3-2(4,5)1(6)7/h4-11,22H,1-3H3,(H2,23,24,25,26);(H,6,7). The number of nitrogens with one attached hydrogen (secondary N) is 3. The van der Waals surface area contributed by atoms with E-state index in [0.29, 0.717) is 34.1 Å². The summed E-state index contributed by atoms with van der Waals surface area (Å²) in [4.78, 5) is 43.6. The summed E-state index contributed by atoms with van der Waals surface area (Å²) in [6, 6.07) is 11.3. The van der Waals surface area contributed by atoms with E-state index in [9.17, 15) is 31.2 Å². The van der Waals surface area contributed by atoms with Crippen LogP contribution < -0.4 is 15.4 Å². The molecule has 0 fully saturated rings. The number of aromatic nitrogens is 2. The number of amides is 2. The Morgan fingerprint density at radius 3 is 2.15 bits per heavy atom. The van der Waals surface area contributed by atoms with E-state index in [1.165, 1.54) is 44.3 Å². The summed E-state index contributed by atoms with van der Waals surface area (Å²) in [5.74, 6) is -2.56. The Balaban J connectivity index is 0.000000559. The number of anilines is 4. The Morgan fingerprint density at radius 2 is 1.57 bits per heavy atom. The van der Waals surface area contributed by atoms with Crippen molar-refractivity contribution >= 4 is 62.6 Å². The number of carboxylic acids is 1. The number of hydrogen-bond acceptors (Lipinski definition) is 10. The van der Waals surface area contributed by atoms with E-state index >= 15 is 0 Å². The van der Waals surface area contributed by atoms with Gasteiger partial charge in [-0.05, 0) is 49.7 Å². The van der Waals surface area contributed by atoms with Crippen molar-refractivity contribution in [3.05, 3.63) is 59.9 Å². The van der Waals surface area contributed by atoms with Crippen molar-refractivity contribution in [3.8, 4) is 0 Å². The molecule has 3 aromatic rings. The third-order valence-electron chi connectivity index (χ3n) is 5.28. The molecule has 0 spiro atoms. The van der Waals surface area contributed by atoms with Crippen LogP contribution in [0.2, 0.25) is 0 Å². The van der Waals surface area contributed by atoms with Crippen LogP contribution in [0, 0.1) is 0 Å². The number of carboxylic acid groups (broad SMARTS) is 1. The first kappa shape index (κ1) is 30.3. The summed E-state index contributed by atoms with van der Waals surface area (Å²) < 4.78 is 58.4. The number of thioether (sulfide) groups is 1. The minimum atomic E-state index is -5.08. The highest BCUT2D eigenvalue weighted by Gasteiger charge is 2.38. The Hall–Kier alpha value is -4.22. The zero-order valence-corrected chi connectivity index (χ0v) is 22.5. The highest BCUT2D eigenvalue weighted by molar-refractivity contribution is 7.98. The van der Waals surface area contributed by atoms with Gasteiger partial charge in [0.1, 0.15) is 18.0 Å². The van der Waals surface area contributed by atoms with Gasteiger partial charge in [0.15, 0.2) is 0 Å². The maximum atomic E-state index is 12.2. The number of sulfonamides is 1. The lowest BCUT2D eigenvalue weighted by Crippen LogP contribution is -2.24. The largest absolute Gasteiger partial charge is 0.490 e. The first-order chi connectivity index (χ1) is 18.7. The topological polar surface area (TPSA) is 171 Å². The number of benzene rings is 2. The Labute approximate surface area is 230 Å². The monoisotopic (exact) mass is 598 g/mol. The van der Waals surface area contributed by atoms with E-state index in [1.807, 2.05) is 6.26 Å². The number of aliphatic carboxylic acids is 1. The smallest absolute Gasteiger partial charge is 0.475 e. The molecule has 17 heteroatoms. The van der Waals surface area contributed by atoms with Crippen molar-refractivity contribution in [1.82, 2.24) is 19.6 Å². The SMILES string of the molecule is CNS(=O)(=O)c1ccc(SC)c(Nc2cc(Nc3ccc4c(c3)C(=O)N(C)C4=O)ncn2)c1.O=C(O)C(F)(F)F. The van der Waals surface area contributed by atoms with Crippen LogP contribution in [0.1, 0.15) is 20.7 Å². The summed E-state index contributed by atoms with van der Waals surface area (Å²) in [6.45, 7) is 0. The number of hydrogen-bond donors (Lipinski definition) is 4. The molecule has 4 N–H and O–H groups in total. The van der Waals surface area contributed by atoms with Crippen LogP contribution in [0.3, 0.4) is 0 Å². The molecule has 0 aliphatic carbocycles. The number of carbonyl (C=O) groups is 3. The van der Waals surface area contributed by atoms with Crippen molar-refractivity contribution in [1.29, 1.82) is 0 Å². The summed E-state index contributed by atoms with van der Waals surface area (Å²) in [5, 5.41) is 13.4. The maximum Gasteiger partial charge on any atom is 0.490 e. The van der Waals surface area contributed by atoms with E-state index in [-0.39, 0.29) is 16.7 Å². The van der Waals surface area contributed by atoms with Gasteiger partial charge in [0.05, 0.1) is 21.7 Å². The van der Waals surface area contributed by atoms with Crippen molar-refractivity contribution < 1.29 is 41.1 Å². The molecule has 0 atom stereocenters. The van der Waals surface area contributed by atoms with E-state index in [1.54, 1.807) is 30.3 Å². The van der Waals surface area contributed by atoms with Gasteiger partial charge in [-0.25, -0.2) is 27.9 Å². The second-order valence-electron chi connectivity index (χ2n) is 7.84. The Morgan fingerprint density at radius 1 is 0.975 bits per heavy atom. The average Bonchev–Trinajstić information content (AvgIpc) is 3.12. The van der Waals surface area contributed by atoms with Crippen molar-refractivity contribution in [2.75, 3.05) is 31.0 Å². The molecule has 2 amide bonds. The van der Waals surface area contributed by atoms with Gasteiger partial charge < -0.3 is 15.7 Å². The molecule has 0 saturated heterocycles. The fourth-order valence-electron chi connectivity index (χ4n) is 3.29. The molecule has 2 aromatic carbocycles. The van der Waals surface area contributed by atoms with Gasteiger partial charge in [0, 0.05) is 23.7 Å². The van der Waals surface area contributed by atoms with Crippen molar-refractivity contribution in [2.45, 2.75) is 16.0 Å². The van der Waals surface area contributed by atoms with E-state index in [4.69, 9.17) is 9.90 Å². The molecular formula is C23H21F3N6O6S2. The quantitative estimate of drug-likeness (QED) is 0.232. The second kappa shape index (κ2) is 11.9. The molecular weight excluding hydrogens is 577 g/mol. The zero-order valence-electron chi connectivity index (χ0n) is 20.9. The predicted molar refractivity (Wildman–Crippen MR) is 140 cm³/mol. The lowest BCUT2D eigenvalue weighted by atomic mass is 10.1. The van der Waals surface area contributed by atoms with Crippen molar-refractivity contribution in [3.63, 3.8) is 0 Å². The molecule has 0 unspecified atom stereocenters. The molecule has 12 nitrogen and oxygen atoms in total. The Kier molecular flexibility index (Phi) is 9.01. The molecule has 0 saturated carbocycles. The van der Waals surface area contributed by atoms with Gasteiger partial charge in [-0.15, -0.1) is 11.8 Å². The van der Waals surface area contributed by atoms with Gasteiger partial charge in [0.2, 0.25) is 10.0 Å². The zero-order chi connectivity index (χ0) is 29.8. The minimum absolute atomic E-state index is 0.125. The number of imide groups is 1. The highest BCUT2D eigenvalue weighted by Crippen LogP contribution is 2.31. The highest BCUT2D eigenvalue weighted by atomic mass is 32.2. The lowest BCUT2D eigenvalue weighted by molar-refractivity contribution is -0.192. The number of alkyl halides is 3. The number of halogens is 3. The summed E-state index contributed by atoms with van der Waals surface area (Å²) in [5.41, 5.74) is 1.85. The molecule has 1 aliphatic heterocycles. The van der Waals surface area contributed by atoms with Crippen LogP contribution in [-0.2, 0) is 14.8 Å². The molecule has 1 aromatic heterocycles. The number of fused-ring (bicyclic) bond motifs is 1. The van der Waals surface area contributed by atoms with Crippen LogP contribution >= 0.6 is 11.8 Å². The third-order valence-corrected chi connectivity index (χ3v) is 7.49. The van der Waals surface area contributed by atoms with Gasteiger partial charge in [0.25, 0.3) is 11.8 Å². The number of carbonyl (C=O) groups excluding carboxylic acids is 2. The first-order valence-electron chi connectivity index (χ1n) is 10.9. The fraction of sp³-hybridized carbons (Fsp3) is 0.174. The minimum Gasteiger partial charge on any atom is -0.475 e. The maximum absolute atomic E-state index is 12.2.